The molecular formula is C28H48N6O3. The molecule has 2 aliphatic heterocycles. The molecule has 1 saturated heterocycles. The van der Waals surface area contributed by atoms with E-state index in [0.29, 0.717) is 24.2 Å². The highest BCUT2D eigenvalue weighted by molar-refractivity contribution is 5.92. The Morgan fingerprint density at radius 1 is 1.11 bits per heavy atom. The molecule has 2 fully saturated rings. The Hall–Kier alpha value is -2.13. The highest BCUT2D eigenvalue weighted by Gasteiger charge is 2.45. The van der Waals surface area contributed by atoms with Crippen molar-refractivity contribution in [2.24, 2.45) is 17.8 Å². The van der Waals surface area contributed by atoms with Crippen LogP contribution in [0.3, 0.4) is 0 Å². The number of fused-ring (bicyclic) bond motifs is 1. The lowest BCUT2D eigenvalue weighted by Gasteiger charge is -2.37. The first-order chi connectivity index (χ1) is 17.7. The summed E-state index contributed by atoms with van der Waals surface area (Å²) in [6.07, 6.45) is 9.71. The second-order valence-corrected chi connectivity index (χ2v) is 12.3. The largest absolute Gasteiger partial charge is 0.381 e. The molecule has 1 aliphatic carbocycles. The van der Waals surface area contributed by atoms with Crippen molar-refractivity contribution in [2.45, 2.75) is 96.7 Å². The number of H-pyrrole nitrogens is 1. The first-order valence-electron chi connectivity index (χ1n) is 14.4. The van der Waals surface area contributed by atoms with Gasteiger partial charge in [0.15, 0.2) is 5.82 Å². The Labute approximate surface area is 222 Å². The topological polar surface area (TPSA) is 103 Å². The van der Waals surface area contributed by atoms with Gasteiger partial charge in [0.1, 0.15) is 0 Å². The molecule has 0 aromatic carbocycles. The van der Waals surface area contributed by atoms with Crippen LogP contribution >= 0.6 is 0 Å². The molecular weight excluding hydrogens is 468 g/mol. The van der Waals surface area contributed by atoms with Gasteiger partial charge >= 0.3 is 6.03 Å². The Bertz CT molecular complexity index is 923. The van der Waals surface area contributed by atoms with Crippen molar-refractivity contribution in [1.29, 1.82) is 0 Å². The highest BCUT2D eigenvalue weighted by Crippen LogP contribution is 2.41. The number of aromatic nitrogens is 2. The van der Waals surface area contributed by atoms with E-state index in [1.807, 2.05) is 32.8 Å². The average molecular weight is 517 g/mol. The van der Waals surface area contributed by atoms with E-state index in [4.69, 9.17) is 4.74 Å². The Morgan fingerprint density at radius 2 is 1.84 bits per heavy atom. The fourth-order valence-electron chi connectivity index (χ4n) is 6.32. The van der Waals surface area contributed by atoms with Gasteiger partial charge in [-0.15, -0.1) is 0 Å². The van der Waals surface area contributed by atoms with Gasteiger partial charge in [-0.3, -0.25) is 9.89 Å². The number of carbonyl (C=O) groups excluding carboxylic acids is 2. The number of ether oxygens (including phenoxy) is 1. The van der Waals surface area contributed by atoms with E-state index in [1.165, 1.54) is 19.3 Å². The lowest BCUT2D eigenvalue weighted by atomic mass is 9.91. The van der Waals surface area contributed by atoms with E-state index >= 15 is 0 Å². The zero-order chi connectivity index (χ0) is 26.6. The van der Waals surface area contributed by atoms with Crippen molar-refractivity contribution in [3.8, 4) is 0 Å². The maximum Gasteiger partial charge on any atom is 0.318 e. The third-order valence-electron chi connectivity index (χ3n) is 8.79. The molecule has 0 bridgehead atoms. The Kier molecular flexibility index (Phi) is 9.16. The fourth-order valence-corrected chi connectivity index (χ4v) is 6.32. The van der Waals surface area contributed by atoms with Crippen LogP contribution < -0.4 is 10.6 Å². The molecule has 0 spiro atoms. The molecule has 1 aromatic rings. The predicted octanol–water partition coefficient (Wildman–Crippen LogP) is 4.46. The number of rotatable bonds is 6. The number of nitrogens with one attached hydrogen (secondary N) is 3. The maximum absolute atomic E-state index is 13.6. The summed E-state index contributed by atoms with van der Waals surface area (Å²) in [6.45, 7) is 9.09. The van der Waals surface area contributed by atoms with Gasteiger partial charge in [-0.1, -0.05) is 32.6 Å². The number of hydrogen-bond acceptors (Lipinski definition) is 5. The molecule has 3 atom stereocenters. The molecule has 37 heavy (non-hydrogen) atoms. The van der Waals surface area contributed by atoms with E-state index in [9.17, 15) is 9.59 Å². The van der Waals surface area contributed by atoms with Crippen LogP contribution in [0.25, 0.3) is 0 Å². The van der Waals surface area contributed by atoms with Gasteiger partial charge < -0.3 is 25.2 Å². The van der Waals surface area contributed by atoms with Crippen LogP contribution in [-0.4, -0.2) is 71.8 Å². The standard InChI is InChI=1S/C28H48N6O3/c1-19-9-7-6-8-10-21(12-11-19)26(35)30-25-22-17-34(28(2,3)24(22)31-32-25)27(36)29-23(18-33(4)5)20-13-15-37-16-14-20/h19-21,23H,6-18H2,1-5H3,(H,29,36)(H2,30,31,32,35). The van der Waals surface area contributed by atoms with E-state index in [1.54, 1.807) is 0 Å². The van der Waals surface area contributed by atoms with Gasteiger partial charge in [0.05, 0.1) is 17.8 Å². The molecule has 3 amide bonds. The third-order valence-corrected chi connectivity index (χ3v) is 8.79. The van der Waals surface area contributed by atoms with Crippen molar-refractivity contribution in [3.05, 3.63) is 11.3 Å². The van der Waals surface area contributed by atoms with E-state index in [-0.39, 0.29) is 23.9 Å². The second kappa shape index (κ2) is 12.2. The summed E-state index contributed by atoms with van der Waals surface area (Å²) in [7, 11) is 4.09. The van der Waals surface area contributed by atoms with Crippen LogP contribution in [0.2, 0.25) is 0 Å². The molecule has 9 nitrogen and oxygen atoms in total. The van der Waals surface area contributed by atoms with Gasteiger partial charge in [-0.25, -0.2) is 4.79 Å². The Balaban J connectivity index is 1.43. The van der Waals surface area contributed by atoms with E-state index in [2.05, 4.69) is 32.7 Å². The van der Waals surface area contributed by atoms with Gasteiger partial charge in [0.25, 0.3) is 0 Å². The molecule has 4 rings (SSSR count). The lowest BCUT2D eigenvalue weighted by Crippen LogP contribution is -2.54. The SMILES string of the molecule is CC1CCCCCC(C(=O)Nc2n[nH]c3c2CN(C(=O)NC(CN(C)C)C2CCOCC2)C3(C)C)CC1. The van der Waals surface area contributed by atoms with E-state index < -0.39 is 5.54 Å². The quantitative estimate of drug-likeness (QED) is 0.518. The number of likely N-dealkylation sites (N-methyl/N-ethyl adjacent to an activating group) is 1. The molecule has 3 unspecified atom stereocenters. The first-order valence-corrected chi connectivity index (χ1v) is 14.4. The van der Waals surface area contributed by atoms with Gasteiger partial charge in [-0.05, 0) is 71.9 Å². The van der Waals surface area contributed by atoms with Gasteiger partial charge in [0.2, 0.25) is 5.91 Å². The number of carbonyl (C=O) groups is 2. The van der Waals surface area contributed by atoms with Crippen molar-refractivity contribution >= 4 is 17.8 Å². The molecule has 3 N–H and O–H groups in total. The average Bonchev–Trinajstić information content (AvgIpc) is 3.40. The molecule has 9 heteroatoms. The van der Waals surface area contributed by atoms with E-state index in [0.717, 1.165) is 69.5 Å². The van der Waals surface area contributed by atoms with Crippen molar-refractivity contribution in [1.82, 2.24) is 25.3 Å². The summed E-state index contributed by atoms with van der Waals surface area (Å²) >= 11 is 0. The van der Waals surface area contributed by atoms with Crippen LogP contribution in [0, 0.1) is 17.8 Å². The summed E-state index contributed by atoms with van der Waals surface area (Å²) in [5.41, 5.74) is 1.26. The zero-order valence-electron chi connectivity index (χ0n) is 23.6. The summed E-state index contributed by atoms with van der Waals surface area (Å²) < 4.78 is 5.56. The summed E-state index contributed by atoms with van der Waals surface area (Å²) in [5.74, 6) is 1.73. The molecule has 208 valence electrons. The number of amides is 3. The minimum Gasteiger partial charge on any atom is -0.381 e. The van der Waals surface area contributed by atoms with Crippen LogP contribution in [0.15, 0.2) is 0 Å². The minimum absolute atomic E-state index is 0.0213. The number of hydrogen-bond donors (Lipinski definition) is 3. The normalized spacial score (nSPS) is 25.6. The lowest BCUT2D eigenvalue weighted by molar-refractivity contribution is -0.120. The number of urea groups is 1. The highest BCUT2D eigenvalue weighted by atomic mass is 16.5. The maximum atomic E-state index is 13.6. The first kappa shape index (κ1) is 27.9. The summed E-state index contributed by atoms with van der Waals surface area (Å²) in [5, 5.41) is 14.1. The smallest absolute Gasteiger partial charge is 0.318 e. The number of anilines is 1. The fraction of sp³-hybridized carbons (Fsp3) is 0.821. The molecule has 1 aromatic heterocycles. The molecule has 1 saturated carbocycles. The van der Waals surface area contributed by atoms with Crippen LogP contribution in [0.1, 0.15) is 89.8 Å². The third kappa shape index (κ3) is 6.66. The van der Waals surface area contributed by atoms with Crippen molar-refractivity contribution in [2.75, 3.05) is 39.2 Å². The van der Waals surface area contributed by atoms with Crippen molar-refractivity contribution in [3.63, 3.8) is 0 Å². The van der Waals surface area contributed by atoms with Crippen LogP contribution in [-0.2, 0) is 21.6 Å². The van der Waals surface area contributed by atoms with Crippen LogP contribution in [0.5, 0.6) is 0 Å². The minimum atomic E-state index is -0.554. The van der Waals surface area contributed by atoms with Crippen LogP contribution in [0.4, 0.5) is 10.6 Å². The second-order valence-electron chi connectivity index (χ2n) is 12.3. The number of nitrogens with zero attached hydrogens (tertiary/aromatic N) is 3. The number of aromatic amines is 1. The molecule has 0 radical (unpaired) electrons. The Morgan fingerprint density at radius 3 is 2.57 bits per heavy atom. The van der Waals surface area contributed by atoms with Crippen molar-refractivity contribution < 1.29 is 14.3 Å². The van der Waals surface area contributed by atoms with Gasteiger partial charge in [0, 0.05) is 37.3 Å². The summed E-state index contributed by atoms with van der Waals surface area (Å²) in [4.78, 5) is 30.9. The molecule has 3 heterocycles. The van der Waals surface area contributed by atoms with Gasteiger partial charge in [-0.2, -0.15) is 5.10 Å². The predicted molar refractivity (Wildman–Crippen MR) is 145 cm³/mol. The zero-order valence-corrected chi connectivity index (χ0v) is 23.6. The summed E-state index contributed by atoms with van der Waals surface area (Å²) in [6, 6.07) is -0.0142. The monoisotopic (exact) mass is 516 g/mol. The molecule has 3 aliphatic rings.